The molecule has 0 atom stereocenters. The second kappa shape index (κ2) is 6.21. The summed E-state index contributed by atoms with van der Waals surface area (Å²) in [7, 11) is 0. The van der Waals surface area contributed by atoms with E-state index in [1.165, 1.54) is 12.8 Å². The third-order valence-corrected chi connectivity index (χ3v) is 2.73. The van der Waals surface area contributed by atoms with E-state index in [2.05, 4.69) is 26.1 Å². The molecule has 20 heavy (non-hydrogen) atoms. The summed E-state index contributed by atoms with van der Waals surface area (Å²) in [6.07, 6.45) is 2.82. The molecule has 3 N–H and O–H groups in total. The Balaban J connectivity index is 1.64. The molecule has 0 spiro atoms. The van der Waals surface area contributed by atoms with E-state index >= 15 is 0 Å². The molecule has 1 aromatic heterocycles. The highest BCUT2D eigenvalue weighted by Crippen LogP contribution is 2.19. The Labute approximate surface area is 118 Å². The zero-order valence-corrected chi connectivity index (χ0v) is 12.3. The van der Waals surface area contributed by atoms with Crippen molar-refractivity contribution in [2.75, 3.05) is 11.9 Å². The summed E-state index contributed by atoms with van der Waals surface area (Å²) < 4.78 is 5.42. The molecule has 1 aliphatic carbocycles. The Kier molecular flexibility index (Phi) is 4.59. The summed E-state index contributed by atoms with van der Waals surface area (Å²) in [5, 5.41) is 17.0. The number of carbonyl (C=O) groups excluding carboxylic acids is 1. The maximum atomic E-state index is 11.6. The lowest BCUT2D eigenvalue weighted by Crippen LogP contribution is -2.41. The van der Waals surface area contributed by atoms with Crippen LogP contribution in [0.3, 0.4) is 0 Å². The van der Waals surface area contributed by atoms with Gasteiger partial charge in [-0.1, -0.05) is 5.10 Å². The Morgan fingerprint density at radius 1 is 1.35 bits per heavy atom. The topological polar surface area (TPSA) is 92.1 Å². The molecule has 1 aromatic rings. The van der Waals surface area contributed by atoms with Crippen molar-refractivity contribution in [3.8, 4) is 0 Å². The van der Waals surface area contributed by atoms with Crippen LogP contribution >= 0.6 is 0 Å². The van der Waals surface area contributed by atoms with Crippen LogP contribution < -0.4 is 16.0 Å². The standard InChI is InChI=1S/C13H23N5O2/c1-13(2,3)16-10(19)6-7-14-12-18-17-11(20-12)8-15-9-4-5-9/h9,15H,4-8H2,1-3H3,(H,14,18)(H,16,19). The third-order valence-electron chi connectivity index (χ3n) is 2.73. The summed E-state index contributed by atoms with van der Waals surface area (Å²) >= 11 is 0. The number of carbonyl (C=O) groups is 1. The molecule has 0 radical (unpaired) electrons. The van der Waals surface area contributed by atoms with Crippen LogP contribution in [0.4, 0.5) is 6.01 Å². The van der Waals surface area contributed by atoms with Gasteiger partial charge in [0.05, 0.1) is 6.54 Å². The van der Waals surface area contributed by atoms with E-state index in [-0.39, 0.29) is 11.4 Å². The number of hydrogen-bond acceptors (Lipinski definition) is 6. The van der Waals surface area contributed by atoms with E-state index < -0.39 is 0 Å². The van der Waals surface area contributed by atoms with E-state index in [0.717, 1.165) is 0 Å². The first-order valence-electron chi connectivity index (χ1n) is 7.03. The zero-order valence-electron chi connectivity index (χ0n) is 12.3. The molecule has 0 aliphatic heterocycles. The molecule has 1 fully saturated rings. The molecule has 7 heteroatoms. The van der Waals surface area contributed by atoms with Crippen LogP contribution in [0.1, 0.15) is 45.9 Å². The highest BCUT2D eigenvalue weighted by Gasteiger charge is 2.21. The van der Waals surface area contributed by atoms with Crippen molar-refractivity contribution in [2.24, 2.45) is 0 Å². The van der Waals surface area contributed by atoms with Crippen molar-refractivity contribution < 1.29 is 9.21 Å². The first-order chi connectivity index (χ1) is 9.42. The molecule has 112 valence electrons. The lowest BCUT2D eigenvalue weighted by molar-refractivity contribution is -0.122. The second-order valence-electron chi connectivity index (χ2n) is 6.13. The van der Waals surface area contributed by atoms with Crippen molar-refractivity contribution in [2.45, 2.75) is 58.2 Å². The van der Waals surface area contributed by atoms with E-state index in [1.807, 2.05) is 20.8 Å². The molecule has 0 saturated heterocycles. The van der Waals surface area contributed by atoms with Gasteiger partial charge in [0.15, 0.2) is 0 Å². The van der Waals surface area contributed by atoms with Crippen LogP contribution in [0.5, 0.6) is 0 Å². The molecule has 1 heterocycles. The number of anilines is 1. The lowest BCUT2D eigenvalue weighted by atomic mass is 10.1. The van der Waals surface area contributed by atoms with Gasteiger partial charge in [0.2, 0.25) is 11.8 Å². The minimum absolute atomic E-state index is 0.000129. The van der Waals surface area contributed by atoms with E-state index in [9.17, 15) is 4.79 Å². The van der Waals surface area contributed by atoms with Gasteiger partial charge in [0, 0.05) is 24.5 Å². The molecule has 0 unspecified atom stereocenters. The summed E-state index contributed by atoms with van der Waals surface area (Å²) in [5.74, 6) is 0.568. The third kappa shape index (κ3) is 5.56. The predicted molar refractivity (Wildman–Crippen MR) is 75.2 cm³/mol. The first kappa shape index (κ1) is 14.8. The molecule has 1 amide bonds. The number of amides is 1. The van der Waals surface area contributed by atoms with Crippen LogP contribution in [0.2, 0.25) is 0 Å². The fraction of sp³-hybridized carbons (Fsp3) is 0.769. The van der Waals surface area contributed by atoms with Gasteiger partial charge >= 0.3 is 6.01 Å². The molecule has 7 nitrogen and oxygen atoms in total. The molecule has 1 aliphatic rings. The molecule has 0 bridgehead atoms. The smallest absolute Gasteiger partial charge is 0.315 e. The second-order valence-corrected chi connectivity index (χ2v) is 6.13. The number of nitrogens with zero attached hydrogens (tertiary/aromatic N) is 2. The molecular formula is C13H23N5O2. The molecule has 2 rings (SSSR count). The Bertz CT molecular complexity index is 448. The Morgan fingerprint density at radius 3 is 2.75 bits per heavy atom. The van der Waals surface area contributed by atoms with Gasteiger partial charge in [-0.15, -0.1) is 5.10 Å². The Hall–Kier alpha value is -1.63. The van der Waals surface area contributed by atoms with E-state index in [1.54, 1.807) is 0 Å². The summed E-state index contributed by atoms with van der Waals surface area (Å²) in [6.45, 7) is 6.93. The predicted octanol–water partition coefficient (Wildman–Crippen LogP) is 1.04. The van der Waals surface area contributed by atoms with Gasteiger partial charge in [-0.05, 0) is 33.6 Å². The highest BCUT2D eigenvalue weighted by atomic mass is 16.4. The van der Waals surface area contributed by atoms with Crippen molar-refractivity contribution in [1.82, 2.24) is 20.8 Å². The van der Waals surface area contributed by atoms with Crippen LogP contribution in [-0.2, 0) is 11.3 Å². The zero-order chi connectivity index (χ0) is 14.6. The van der Waals surface area contributed by atoms with Crippen LogP contribution in [0, 0.1) is 0 Å². The minimum atomic E-state index is -0.205. The van der Waals surface area contributed by atoms with Crippen LogP contribution in [0.25, 0.3) is 0 Å². The van der Waals surface area contributed by atoms with Gasteiger partial charge in [0.1, 0.15) is 0 Å². The maximum absolute atomic E-state index is 11.6. The quantitative estimate of drug-likeness (QED) is 0.691. The highest BCUT2D eigenvalue weighted by molar-refractivity contribution is 5.77. The summed E-state index contributed by atoms with van der Waals surface area (Å²) in [6, 6.07) is 0.973. The van der Waals surface area contributed by atoms with Gasteiger partial charge in [-0.3, -0.25) is 4.79 Å². The van der Waals surface area contributed by atoms with E-state index in [0.29, 0.717) is 37.5 Å². The van der Waals surface area contributed by atoms with Gasteiger partial charge < -0.3 is 20.4 Å². The largest absolute Gasteiger partial charge is 0.407 e. The van der Waals surface area contributed by atoms with Crippen LogP contribution in [0.15, 0.2) is 4.42 Å². The van der Waals surface area contributed by atoms with Gasteiger partial charge in [0.25, 0.3) is 0 Å². The van der Waals surface area contributed by atoms with E-state index in [4.69, 9.17) is 4.42 Å². The van der Waals surface area contributed by atoms with Gasteiger partial charge in [-0.2, -0.15) is 0 Å². The number of aromatic nitrogens is 2. The first-order valence-corrected chi connectivity index (χ1v) is 7.03. The monoisotopic (exact) mass is 281 g/mol. The van der Waals surface area contributed by atoms with Crippen molar-refractivity contribution in [3.63, 3.8) is 0 Å². The number of rotatable bonds is 7. The average Bonchev–Trinajstić information content (AvgIpc) is 3.04. The van der Waals surface area contributed by atoms with Crippen molar-refractivity contribution in [3.05, 3.63) is 5.89 Å². The average molecular weight is 281 g/mol. The van der Waals surface area contributed by atoms with Gasteiger partial charge in [-0.25, -0.2) is 0 Å². The molecular weight excluding hydrogens is 258 g/mol. The molecule has 1 saturated carbocycles. The van der Waals surface area contributed by atoms with Crippen molar-refractivity contribution in [1.29, 1.82) is 0 Å². The van der Waals surface area contributed by atoms with Crippen molar-refractivity contribution >= 4 is 11.9 Å². The molecule has 0 aromatic carbocycles. The normalized spacial score (nSPS) is 15.2. The Morgan fingerprint density at radius 2 is 2.10 bits per heavy atom. The minimum Gasteiger partial charge on any atom is -0.407 e. The number of nitrogens with one attached hydrogen (secondary N) is 3. The SMILES string of the molecule is CC(C)(C)NC(=O)CCNc1nnc(CNC2CC2)o1. The summed E-state index contributed by atoms with van der Waals surface area (Å²) in [4.78, 5) is 11.6. The fourth-order valence-corrected chi connectivity index (χ4v) is 1.68. The summed E-state index contributed by atoms with van der Waals surface area (Å²) in [5.41, 5.74) is -0.205. The number of hydrogen-bond donors (Lipinski definition) is 3. The van der Waals surface area contributed by atoms with Crippen LogP contribution in [-0.4, -0.2) is 34.2 Å². The fourth-order valence-electron chi connectivity index (χ4n) is 1.68. The lowest BCUT2D eigenvalue weighted by Gasteiger charge is -2.20. The maximum Gasteiger partial charge on any atom is 0.315 e.